The predicted octanol–water partition coefficient (Wildman–Crippen LogP) is 3.27. The highest BCUT2D eigenvalue weighted by Crippen LogP contribution is 2.28. The van der Waals surface area contributed by atoms with Crippen molar-refractivity contribution < 1.29 is 8.42 Å². The Hall–Kier alpha value is -1.31. The molecule has 0 spiro atoms. The van der Waals surface area contributed by atoms with E-state index in [1.165, 1.54) is 11.3 Å². The Morgan fingerprint density at radius 3 is 2.78 bits per heavy atom. The molecule has 0 atom stereocenters. The van der Waals surface area contributed by atoms with Gasteiger partial charge in [-0.3, -0.25) is 4.98 Å². The van der Waals surface area contributed by atoms with Crippen LogP contribution in [0.4, 0.5) is 0 Å². The fraction of sp³-hybridized carbons (Fsp3) is 0.500. The van der Waals surface area contributed by atoms with Crippen LogP contribution in [0.15, 0.2) is 24.5 Å². The van der Waals surface area contributed by atoms with E-state index in [1.807, 2.05) is 19.1 Å². The quantitative estimate of drug-likeness (QED) is 0.897. The Morgan fingerprint density at radius 1 is 1.30 bits per heavy atom. The molecule has 1 saturated carbocycles. The van der Waals surface area contributed by atoms with E-state index in [0.29, 0.717) is 6.54 Å². The van der Waals surface area contributed by atoms with Crippen molar-refractivity contribution in [1.82, 2.24) is 14.7 Å². The van der Waals surface area contributed by atoms with Gasteiger partial charge in [0.05, 0.1) is 10.9 Å². The number of aryl methyl sites for hydroxylation is 1. The summed E-state index contributed by atoms with van der Waals surface area (Å²) in [5, 5.41) is 0.643. The first kappa shape index (κ1) is 16.5. The Bertz CT molecular complexity index is 751. The molecule has 2 heterocycles. The Balaban J connectivity index is 1.70. The van der Waals surface area contributed by atoms with Crippen molar-refractivity contribution in [1.29, 1.82) is 0 Å². The molecule has 2 aromatic rings. The minimum Gasteiger partial charge on any atom is -0.264 e. The van der Waals surface area contributed by atoms with Crippen molar-refractivity contribution in [2.75, 3.05) is 0 Å². The number of pyridine rings is 1. The zero-order valence-electron chi connectivity index (χ0n) is 13.2. The topological polar surface area (TPSA) is 72.0 Å². The van der Waals surface area contributed by atoms with Crippen LogP contribution in [0.3, 0.4) is 0 Å². The molecule has 1 N–H and O–H groups in total. The van der Waals surface area contributed by atoms with Crippen molar-refractivity contribution in [2.24, 2.45) is 0 Å². The number of sulfonamides is 1. The average Bonchev–Trinajstić information content (AvgIpc) is 2.96. The lowest BCUT2D eigenvalue weighted by molar-refractivity contribution is 0.477. The highest BCUT2D eigenvalue weighted by molar-refractivity contribution is 7.90. The number of rotatable bonds is 5. The molecule has 3 rings (SSSR count). The lowest BCUT2D eigenvalue weighted by Crippen LogP contribution is -2.35. The van der Waals surface area contributed by atoms with Crippen LogP contribution in [0.2, 0.25) is 0 Å². The Kier molecular flexibility index (Phi) is 5.08. The molecular weight excluding hydrogens is 330 g/mol. The second-order valence-corrected chi connectivity index (χ2v) is 9.02. The smallest absolute Gasteiger partial charge is 0.214 e. The maximum Gasteiger partial charge on any atom is 0.214 e. The van der Waals surface area contributed by atoms with Gasteiger partial charge >= 0.3 is 0 Å². The summed E-state index contributed by atoms with van der Waals surface area (Å²) in [5.74, 6) is 0. The number of nitrogens with zero attached hydrogens (tertiary/aromatic N) is 2. The summed E-state index contributed by atoms with van der Waals surface area (Å²) in [6.07, 6.45) is 8.22. The lowest BCUT2D eigenvalue weighted by atomic mass is 10.0. The summed E-state index contributed by atoms with van der Waals surface area (Å²) in [4.78, 5) is 9.60. The average molecular weight is 351 g/mol. The van der Waals surface area contributed by atoms with E-state index in [2.05, 4.69) is 14.7 Å². The van der Waals surface area contributed by atoms with E-state index in [0.717, 1.165) is 53.2 Å². The minimum atomic E-state index is -3.24. The first-order chi connectivity index (χ1) is 11.1. The van der Waals surface area contributed by atoms with Gasteiger partial charge in [0.15, 0.2) is 0 Å². The summed E-state index contributed by atoms with van der Waals surface area (Å²) in [7, 11) is -3.24. The number of nitrogens with one attached hydrogen (secondary N) is 1. The maximum absolute atomic E-state index is 12.4. The molecular formula is C16H21N3O2S2. The van der Waals surface area contributed by atoms with Gasteiger partial charge < -0.3 is 0 Å². The fourth-order valence-corrected chi connectivity index (χ4v) is 5.48. The van der Waals surface area contributed by atoms with E-state index in [-0.39, 0.29) is 5.25 Å². The van der Waals surface area contributed by atoms with E-state index in [9.17, 15) is 8.42 Å². The highest BCUT2D eigenvalue weighted by atomic mass is 32.2. The first-order valence-corrected chi connectivity index (χ1v) is 10.3. The maximum atomic E-state index is 12.4. The van der Waals surface area contributed by atoms with E-state index >= 15 is 0 Å². The summed E-state index contributed by atoms with van der Waals surface area (Å²) < 4.78 is 27.6. The zero-order valence-corrected chi connectivity index (χ0v) is 14.8. The molecule has 124 valence electrons. The predicted molar refractivity (Wildman–Crippen MR) is 92.7 cm³/mol. The molecule has 0 aliphatic heterocycles. The molecule has 0 bridgehead atoms. The third kappa shape index (κ3) is 3.97. The lowest BCUT2D eigenvalue weighted by Gasteiger charge is -2.21. The summed E-state index contributed by atoms with van der Waals surface area (Å²) >= 11 is 1.52. The van der Waals surface area contributed by atoms with Gasteiger partial charge in [0.1, 0.15) is 5.01 Å². The molecule has 0 aromatic carbocycles. The van der Waals surface area contributed by atoms with Crippen LogP contribution >= 0.6 is 11.3 Å². The van der Waals surface area contributed by atoms with Crippen molar-refractivity contribution in [2.45, 2.75) is 50.8 Å². The number of thiazole rings is 1. The SMILES string of the molecule is Cc1nc(-c2cccnc2)sc1CNS(=O)(=O)C1CCCCC1. The third-order valence-corrected chi connectivity index (χ3v) is 7.33. The fourth-order valence-electron chi connectivity index (χ4n) is 2.86. The molecule has 2 aromatic heterocycles. The van der Waals surface area contributed by atoms with Gasteiger partial charge in [-0.15, -0.1) is 11.3 Å². The van der Waals surface area contributed by atoms with Crippen LogP contribution in [0.25, 0.3) is 10.6 Å². The molecule has 23 heavy (non-hydrogen) atoms. The van der Waals surface area contributed by atoms with Gasteiger partial charge in [0.2, 0.25) is 10.0 Å². The monoisotopic (exact) mass is 351 g/mol. The van der Waals surface area contributed by atoms with Crippen molar-refractivity contribution in [3.8, 4) is 10.6 Å². The molecule has 1 fully saturated rings. The Labute approximate surface area is 141 Å². The second-order valence-electron chi connectivity index (χ2n) is 5.90. The zero-order chi connectivity index (χ0) is 16.3. The van der Waals surface area contributed by atoms with Gasteiger partial charge in [-0.2, -0.15) is 0 Å². The van der Waals surface area contributed by atoms with E-state index < -0.39 is 10.0 Å². The molecule has 7 heteroatoms. The first-order valence-electron chi connectivity index (χ1n) is 7.91. The Morgan fingerprint density at radius 2 is 2.09 bits per heavy atom. The highest BCUT2D eigenvalue weighted by Gasteiger charge is 2.27. The molecule has 1 aliphatic carbocycles. The number of aromatic nitrogens is 2. The standard InChI is InChI=1S/C16H21N3O2S2/c1-12-15(22-16(19-12)13-6-5-9-17-10-13)11-18-23(20,21)14-7-3-2-4-8-14/h5-6,9-10,14,18H,2-4,7-8,11H2,1H3. The molecule has 0 unspecified atom stereocenters. The molecule has 0 saturated heterocycles. The summed E-state index contributed by atoms with van der Waals surface area (Å²) in [6.45, 7) is 2.24. The van der Waals surface area contributed by atoms with Crippen LogP contribution < -0.4 is 4.72 Å². The van der Waals surface area contributed by atoms with Crippen LogP contribution in [0, 0.1) is 6.92 Å². The summed E-state index contributed by atoms with van der Waals surface area (Å²) in [5.41, 5.74) is 1.84. The molecule has 5 nitrogen and oxygen atoms in total. The molecule has 0 radical (unpaired) electrons. The molecule has 0 amide bonds. The van der Waals surface area contributed by atoms with Gasteiger partial charge in [-0.1, -0.05) is 19.3 Å². The van der Waals surface area contributed by atoms with Crippen LogP contribution in [-0.2, 0) is 16.6 Å². The largest absolute Gasteiger partial charge is 0.264 e. The summed E-state index contributed by atoms with van der Waals surface area (Å²) in [6, 6.07) is 3.83. The van der Waals surface area contributed by atoms with Crippen LogP contribution in [0.5, 0.6) is 0 Å². The minimum absolute atomic E-state index is 0.234. The second kappa shape index (κ2) is 7.07. The normalized spacial score (nSPS) is 16.6. The van der Waals surface area contributed by atoms with E-state index in [4.69, 9.17) is 0 Å². The molecule has 1 aliphatic rings. The van der Waals surface area contributed by atoms with Gasteiger partial charge in [0.25, 0.3) is 0 Å². The van der Waals surface area contributed by atoms with Crippen molar-refractivity contribution in [3.63, 3.8) is 0 Å². The van der Waals surface area contributed by atoms with Gasteiger partial charge in [-0.05, 0) is 31.9 Å². The third-order valence-electron chi connectivity index (χ3n) is 4.23. The van der Waals surface area contributed by atoms with Gasteiger partial charge in [0, 0.05) is 29.4 Å². The van der Waals surface area contributed by atoms with Crippen LogP contribution in [-0.4, -0.2) is 23.6 Å². The van der Waals surface area contributed by atoms with Crippen LogP contribution in [0.1, 0.15) is 42.7 Å². The van der Waals surface area contributed by atoms with Gasteiger partial charge in [-0.25, -0.2) is 18.1 Å². The number of hydrogen-bond donors (Lipinski definition) is 1. The van der Waals surface area contributed by atoms with E-state index in [1.54, 1.807) is 12.4 Å². The number of hydrogen-bond acceptors (Lipinski definition) is 5. The van der Waals surface area contributed by atoms with Crippen molar-refractivity contribution >= 4 is 21.4 Å². The van der Waals surface area contributed by atoms with Crippen molar-refractivity contribution in [3.05, 3.63) is 35.1 Å².